The Morgan fingerprint density at radius 1 is 0.943 bits per heavy atom. The Morgan fingerprint density at radius 3 is 2.00 bits per heavy atom. The maximum absolute atomic E-state index is 12.8. The lowest BCUT2D eigenvalue weighted by Crippen LogP contribution is -2.49. The van der Waals surface area contributed by atoms with E-state index in [-0.39, 0.29) is 25.6 Å². The zero-order chi connectivity index (χ0) is 25.8. The predicted octanol–water partition coefficient (Wildman–Crippen LogP) is 3.94. The molecule has 8 heteroatoms. The van der Waals surface area contributed by atoms with E-state index in [1.165, 1.54) is 13.8 Å². The van der Waals surface area contributed by atoms with Crippen LogP contribution in [0.4, 0.5) is 4.79 Å². The lowest BCUT2D eigenvalue weighted by atomic mass is 9.97. The summed E-state index contributed by atoms with van der Waals surface area (Å²) in [6.45, 7) is 7.46. The molecule has 0 aromatic heterocycles. The molecule has 0 bridgehead atoms. The molecule has 3 rings (SSSR count). The van der Waals surface area contributed by atoms with Crippen LogP contribution in [0.1, 0.15) is 58.1 Å². The lowest BCUT2D eigenvalue weighted by molar-refractivity contribution is -0.160. The van der Waals surface area contributed by atoms with Gasteiger partial charge in [-0.2, -0.15) is 0 Å². The number of nitrogens with one attached hydrogen (secondary N) is 1. The fraction of sp³-hybridized carbons (Fsp3) is 0.444. The van der Waals surface area contributed by atoms with Crippen LogP contribution in [-0.2, 0) is 23.8 Å². The number of aliphatic hydroxyl groups is 1. The van der Waals surface area contributed by atoms with Crippen molar-refractivity contribution in [3.63, 3.8) is 0 Å². The molecule has 1 amide bonds. The van der Waals surface area contributed by atoms with E-state index in [1.807, 2.05) is 48.5 Å². The summed E-state index contributed by atoms with van der Waals surface area (Å²) in [5, 5.41) is 13.2. The second kappa shape index (κ2) is 10.5. The molecule has 2 unspecified atom stereocenters. The highest BCUT2D eigenvalue weighted by Crippen LogP contribution is 2.44. The van der Waals surface area contributed by atoms with Gasteiger partial charge in [-0.05, 0) is 49.9 Å². The van der Waals surface area contributed by atoms with E-state index in [0.717, 1.165) is 22.3 Å². The van der Waals surface area contributed by atoms with Crippen molar-refractivity contribution in [2.24, 2.45) is 0 Å². The minimum atomic E-state index is -1.58. The summed E-state index contributed by atoms with van der Waals surface area (Å²) < 4.78 is 15.8. The Kier molecular flexibility index (Phi) is 7.85. The maximum atomic E-state index is 12.8. The highest BCUT2D eigenvalue weighted by Gasteiger charge is 2.35. The van der Waals surface area contributed by atoms with Gasteiger partial charge in [-0.3, -0.25) is 4.79 Å². The van der Waals surface area contributed by atoms with Crippen LogP contribution in [0.25, 0.3) is 11.1 Å². The molecule has 35 heavy (non-hydrogen) atoms. The fourth-order valence-corrected chi connectivity index (χ4v) is 4.10. The molecule has 0 aliphatic heterocycles. The Balaban J connectivity index is 1.70. The number of hydrogen-bond donors (Lipinski definition) is 2. The molecule has 2 atom stereocenters. The maximum Gasteiger partial charge on any atom is 0.407 e. The molecule has 0 radical (unpaired) electrons. The number of ether oxygens (including phenoxy) is 3. The predicted molar refractivity (Wildman–Crippen MR) is 130 cm³/mol. The average Bonchev–Trinajstić information content (AvgIpc) is 3.08. The van der Waals surface area contributed by atoms with E-state index < -0.39 is 35.3 Å². The van der Waals surface area contributed by atoms with Crippen molar-refractivity contribution in [1.82, 2.24) is 5.32 Å². The molecule has 1 aliphatic rings. The number of benzene rings is 2. The second-order valence-corrected chi connectivity index (χ2v) is 10.0. The first-order valence-corrected chi connectivity index (χ1v) is 11.6. The number of amides is 1. The van der Waals surface area contributed by atoms with Crippen molar-refractivity contribution >= 4 is 18.0 Å². The van der Waals surface area contributed by atoms with Crippen LogP contribution >= 0.6 is 0 Å². The first-order valence-electron chi connectivity index (χ1n) is 11.6. The minimum absolute atomic E-state index is 0.0741. The van der Waals surface area contributed by atoms with Crippen molar-refractivity contribution in [2.75, 3.05) is 13.2 Å². The first kappa shape index (κ1) is 26.2. The van der Waals surface area contributed by atoms with E-state index in [1.54, 1.807) is 20.8 Å². The van der Waals surface area contributed by atoms with E-state index in [4.69, 9.17) is 14.2 Å². The largest absolute Gasteiger partial charge is 0.463 e. The smallest absolute Gasteiger partial charge is 0.407 e. The van der Waals surface area contributed by atoms with Gasteiger partial charge in [-0.25, -0.2) is 9.59 Å². The van der Waals surface area contributed by atoms with Gasteiger partial charge in [-0.1, -0.05) is 48.5 Å². The summed E-state index contributed by atoms with van der Waals surface area (Å²) in [5.41, 5.74) is 1.95. The molecule has 2 aromatic carbocycles. The highest BCUT2D eigenvalue weighted by atomic mass is 16.6. The van der Waals surface area contributed by atoms with Crippen molar-refractivity contribution in [3.05, 3.63) is 59.7 Å². The summed E-state index contributed by atoms with van der Waals surface area (Å²) in [7, 11) is 0. The van der Waals surface area contributed by atoms with Crippen LogP contribution in [0, 0.1) is 0 Å². The van der Waals surface area contributed by atoms with Gasteiger partial charge in [0.2, 0.25) is 0 Å². The van der Waals surface area contributed by atoms with E-state index in [9.17, 15) is 19.5 Å². The van der Waals surface area contributed by atoms with Gasteiger partial charge in [0.25, 0.3) is 0 Å². The molecule has 188 valence electrons. The number of rotatable bonds is 8. The van der Waals surface area contributed by atoms with Gasteiger partial charge in [0.05, 0.1) is 5.60 Å². The van der Waals surface area contributed by atoms with E-state index in [0.29, 0.717) is 0 Å². The molecule has 0 saturated heterocycles. The third-order valence-corrected chi connectivity index (χ3v) is 5.56. The molecule has 0 heterocycles. The van der Waals surface area contributed by atoms with Crippen LogP contribution < -0.4 is 5.32 Å². The number of alkyl carbamates (subject to hydrolysis) is 1. The zero-order valence-electron chi connectivity index (χ0n) is 20.8. The Bertz CT molecular complexity index is 1040. The van der Waals surface area contributed by atoms with Gasteiger partial charge < -0.3 is 24.6 Å². The van der Waals surface area contributed by atoms with Crippen LogP contribution in [0.2, 0.25) is 0 Å². The summed E-state index contributed by atoms with van der Waals surface area (Å²) in [6, 6.07) is 14.7. The quantitative estimate of drug-likeness (QED) is 0.432. The number of esters is 2. The van der Waals surface area contributed by atoms with Crippen molar-refractivity contribution in [3.8, 4) is 11.1 Å². The Morgan fingerprint density at radius 2 is 1.49 bits per heavy atom. The van der Waals surface area contributed by atoms with Crippen LogP contribution in [0.3, 0.4) is 0 Å². The SMILES string of the molecule is CC(=O)OCC(C)(O)CC(NC(=O)OCC1c2ccccc2-c2ccccc21)C(=O)OC(C)(C)C. The first-order chi connectivity index (χ1) is 16.4. The topological polar surface area (TPSA) is 111 Å². The summed E-state index contributed by atoms with van der Waals surface area (Å²) in [5.74, 6) is -1.43. The average molecular weight is 484 g/mol. The Labute approximate surface area is 205 Å². The molecule has 0 fully saturated rings. The molecule has 1 aliphatic carbocycles. The Hall–Kier alpha value is -3.39. The van der Waals surface area contributed by atoms with Gasteiger partial charge in [0, 0.05) is 19.3 Å². The van der Waals surface area contributed by atoms with Crippen molar-refractivity contribution < 1.29 is 33.7 Å². The molecular formula is C27H33NO7. The molecule has 2 aromatic rings. The van der Waals surface area contributed by atoms with Gasteiger partial charge in [0.15, 0.2) is 0 Å². The van der Waals surface area contributed by atoms with Crippen molar-refractivity contribution in [1.29, 1.82) is 0 Å². The van der Waals surface area contributed by atoms with Gasteiger partial charge in [-0.15, -0.1) is 0 Å². The second-order valence-electron chi connectivity index (χ2n) is 10.0. The normalized spacial score (nSPS) is 15.3. The summed E-state index contributed by atoms with van der Waals surface area (Å²) in [6.07, 6.45) is -1.05. The molecule has 2 N–H and O–H groups in total. The number of hydrogen-bond acceptors (Lipinski definition) is 7. The van der Waals surface area contributed by atoms with Gasteiger partial charge >= 0.3 is 18.0 Å². The molecule has 8 nitrogen and oxygen atoms in total. The lowest BCUT2D eigenvalue weighted by Gasteiger charge is -2.29. The minimum Gasteiger partial charge on any atom is -0.463 e. The summed E-state index contributed by atoms with van der Waals surface area (Å²) >= 11 is 0. The standard InChI is InChI=1S/C27H33NO7/c1-17(29)34-16-27(5,32)14-23(24(30)35-26(2,3)4)28-25(31)33-15-22-20-12-8-6-10-18(20)19-11-7-9-13-21(19)22/h6-13,22-23,32H,14-16H2,1-5H3,(H,28,31). The number of carbonyl (C=O) groups is 3. The van der Waals surface area contributed by atoms with Crippen LogP contribution in [0.15, 0.2) is 48.5 Å². The third kappa shape index (κ3) is 7.05. The number of carbonyl (C=O) groups excluding carboxylic acids is 3. The van der Waals surface area contributed by atoms with Crippen LogP contribution in [-0.4, -0.2) is 53.6 Å². The molecular weight excluding hydrogens is 450 g/mol. The monoisotopic (exact) mass is 483 g/mol. The van der Waals surface area contributed by atoms with Crippen molar-refractivity contribution in [2.45, 2.75) is 64.2 Å². The third-order valence-electron chi connectivity index (χ3n) is 5.56. The summed E-state index contributed by atoms with van der Waals surface area (Å²) in [4.78, 5) is 36.7. The molecule has 0 spiro atoms. The molecule has 0 saturated carbocycles. The zero-order valence-corrected chi connectivity index (χ0v) is 20.8. The number of fused-ring (bicyclic) bond motifs is 3. The fourth-order valence-electron chi connectivity index (χ4n) is 4.10. The van der Waals surface area contributed by atoms with E-state index in [2.05, 4.69) is 5.32 Å². The van der Waals surface area contributed by atoms with Gasteiger partial charge in [0.1, 0.15) is 24.9 Å². The van der Waals surface area contributed by atoms with E-state index >= 15 is 0 Å². The van der Waals surface area contributed by atoms with Crippen LogP contribution in [0.5, 0.6) is 0 Å². The highest BCUT2D eigenvalue weighted by molar-refractivity contribution is 5.82.